The summed E-state index contributed by atoms with van der Waals surface area (Å²) in [6.07, 6.45) is 1.79. The third-order valence-electron chi connectivity index (χ3n) is 4.57. The van der Waals surface area contributed by atoms with E-state index >= 15 is 0 Å². The van der Waals surface area contributed by atoms with Crippen molar-refractivity contribution in [3.63, 3.8) is 0 Å². The Labute approximate surface area is 178 Å². The highest BCUT2D eigenvalue weighted by Crippen LogP contribution is 2.41. The predicted molar refractivity (Wildman–Crippen MR) is 118 cm³/mol. The van der Waals surface area contributed by atoms with E-state index in [1.165, 1.54) is 11.8 Å². The number of carbonyl (C=O) groups is 1. The molecule has 0 aliphatic carbocycles. The van der Waals surface area contributed by atoms with Gasteiger partial charge in [-0.2, -0.15) is 0 Å². The first-order valence-corrected chi connectivity index (χ1v) is 10.4. The molecule has 1 N–H and O–H groups in total. The van der Waals surface area contributed by atoms with Gasteiger partial charge in [-0.25, -0.2) is 9.79 Å². The maximum atomic E-state index is 12.5. The van der Waals surface area contributed by atoms with Gasteiger partial charge in [0.1, 0.15) is 29.6 Å². The molecule has 30 heavy (non-hydrogen) atoms. The second-order valence-corrected chi connectivity index (χ2v) is 7.69. The van der Waals surface area contributed by atoms with Crippen molar-refractivity contribution in [3.05, 3.63) is 69.8 Å². The molecule has 0 saturated heterocycles. The number of benzene rings is 2. The van der Waals surface area contributed by atoms with Gasteiger partial charge in [-0.3, -0.25) is 0 Å². The fraction of sp³-hybridized carbons (Fsp3) is 0.217. The molecule has 0 bridgehead atoms. The van der Waals surface area contributed by atoms with Crippen molar-refractivity contribution in [3.8, 4) is 11.5 Å². The summed E-state index contributed by atoms with van der Waals surface area (Å²) in [4.78, 5) is 17.7. The Kier molecular flexibility index (Phi) is 5.81. The maximum Gasteiger partial charge on any atom is 0.344 e. The smallest absolute Gasteiger partial charge is 0.344 e. The number of aryl methyl sites for hydroxylation is 1. The molecule has 2 aliphatic rings. The molecule has 0 aromatic heterocycles. The fourth-order valence-corrected chi connectivity index (χ4v) is 4.12. The van der Waals surface area contributed by atoms with E-state index in [0.29, 0.717) is 34.7 Å². The van der Waals surface area contributed by atoms with Crippen LogP contribution < -0.4 is 9.47 Å². The third kappa shape index (κ3) is 4.07. The van der Waals surface area contributed by atoms with Crippen molar-refractivity contribution in [2.24, 2.45) is 4.99 Å². The van der Waals surface area contributed by atoms with Crippen molar-refractivity contribution in [1.82, 2.24) is 0 Å². The zero-order valence-electron chi connectivity index (χ0n) is 16.7. The number of nitrogens with zero attached hydrogens (tertiary/aromatic N) is 1. The summed E-state index contributed by atoms with van der Waals surface area (Å²) in [5.41, 5.74) is 2.59. The molecule has 2 aliphatic heterocycles. The standard InChI is InChI=1S/C23H21NO5S/c1-3-27-23(26)20-21(25)19(30-22(20)24-16-7-5-4-6-14(16)2)13-15-8-9-17-18(12-15)29-11-10-28-17/h4-9,12-13,25H,3,10-11H2,1-2H3. The first kappa shape index (κ1) is 20.1. The molecule has 0 spiro atoms. The van der Waals surface area contributed by atoms with E-state index in [1.54, 1.807) is 13.0 Å². The van der Waals surface area contributed by atoms with Crippen molar-refractivity contribution in [2.45, 2.75) is 13.8 Å². The molecule has 2 heterocycles. The number of aliphatic hydroxyl groups excluding tert-OH is 1. The number of thioether (sulfide) groups is 1. The number of esters is 1. The van der Waals surface area contributed by atoms with Crippen LogP contribution in [0.2, 0.25) is 0 Å². The van der Waals surface area contributed by atoms with E-state index in [-0.39, 0.29) is 17.9 Å². The third-order valence-corrected chi connectivity index (χ3v) is 5.59. The first-order valence-electron chi connectivity index (χ1n) is 9.61. The minimum atomic E-state index is -0.597. The monoisotopic (exact) mass is 423 g/mol. The number of ether oxygens (including phenoxy) is 3. The summed E-state index contributed by atoms with van der Waals surface area (Å²) in [7, 11) is 0. The lowest BCUT2D eigenvalue weighted by Crippen LogP contribution is -2.15. The van der Waals surface area contributed by atoms with Gasteiger partial charge in [0.05, 0.1) is 17.2 Å². The van der Waals surface area contributed by atoms with Gasteiger partial charge in [0, 0.05) is 0 Å². The summed E-state index contributed by atoms with van der Waals surface area (Å²) in [6, 6.07) is 13.2. The normalized spacial score (nSPS) is 18.2. The van der Waals surface area contributed by atoms with E-state index < -0.39 is 5.97 Å². The van der Waals surface area contributed by atoms with E-state index in [0.717, 1.165) is 16.8 Å². The Morgan fingerprint density at radius 3 is 2.73 bits per heavy atom. The summed E-state index contributed by atoms with van der Waals surface area (Å²) in [6.45, 7) is 4.89. The molecule has 0 unspecified atom stereocenters. The largest absolute Gasteiger partial charge is 0.506 e. The molecule has 2 aromatic carbocycles. The van der Waals surface area contributed by atoms with E-state index in [9.17, 15) is 9.90 Å². The van der Waals surface area contributed by atoms with Crippen molar-refractivity contribution >= 4 is 34.5 Å². The minimum Gasteiger partial charge on any atom is -0.506 e. The van der Waals surface area contributed by atoms with Crippen LogP contribution in [-0.4, -0.2) is 35.9 Å². The Bertz CT molecular complexity index is 1090. The highest BCUT2D eigenvalue weighted by atomic mass is 32.2. The van der Waals surface area contributed by atoms with Crippen LogP contribution in [0.4, 0.5) is 5.69 Å². The van der Waals surface area contributed by atoms with Crippen LogP contribution in [0.15, 0.2) is 63.7 Å². The molecular formula is C23H21NO5S. The van der Waals surface area contributed by atoms with E-state index in [4.69, 9.17) is 14.2 Å². The number of aliphatic hydroxyl groups is 1. The Morgan fingerprint density at radius 2 is 1.97 bits per heavy atom. The Morgan fingerprint density at radius 1 is 1.20 bits per heavy atom. The molecule has 0 radical (unpaired) electrons. The van der Waals surface area contributed by atoms with Gasteiger partial charge < -0.3 is 19.3 Å². The van der Waals surface area contributed by atoms with Gasteiger partial charge in [0.15, 0.2) is 11.5 Å². The number of fused-ring (bicyclic) bond motifs is 1. The van der Waals surface area contributed by atoms with Gasteiger partial charge in [-0.05, 0) is 49.2 Å². The molecule has 7 heteroatoms. The maximum absolute atomic E-state index is 12.5. The molecule has 0 atom stereocenters. The lowest BCUT2D eigenvalue weighted by atomic mass is 10.1. The van der Waals surface area contributed by atoms with Gasteiger partial charge >= 0.3 is 5.97 Å². The molecule has 0 amide bonds. The molecule has 0 fully saturated rings. The van der Waals surface area contributed by atoms with E-state index in [2.05, 4.69) is 4.99 Å². The molecule has 0 saturated carbocycles. The first-order chi connectivity index (χ1) is 14.6. The molecule has 4 rings (SSSR count). The van der Waals surface area contributed by atoms with Crippen molar-refractivity contribution in [2.75, 3.05) is 19.8 Å². The van der Waals surface area contributed by atoms with Crippen LogP contribution in [0.1, 0.15) is 18.1 Å². The van der Waals surface area contributed by atoms with Crippen LogP contribution in [0, 0.1) is 6.92 Å². The number of hydrogen-bond acceptors (Lipinski definition) is 7. The van der Waals surface area contributed by atoms with Crippen LogP contribution >= 0.6 is 11.8 Å². The van der Waals surface area contributed by atoms with Gasteiger partial charge in [0.25, 0.3) is 0 Å². The molecule has 154 valence electrons. The SMILES string of the molecule is CCOC(=O)C1=C(O)C(=Cc2ccc3c(c2)OCCO3)SC1=Nc1ccccc1C. The quantitative estimate of drug-likeness (QED) is 0.701. The molecular weight excluding hydrogens is 402 g/mol. The molecule has 2 aromatic rings. The minimum absolute atomic E-state index is 0.0777. The Hall–Kier alpha value is -3.19. The predicted octanol–water partition coefficient (Wildman–Crippen LogP) is 4.96. The summed E-state index contributed by atoms with van der Waals surface area (Å²) in [5, 5.41) is 11.2. The highest BCUT2D eigenvalue weighted by molar-refractivity contribution is 8.18. The topological polar surface area (TPSA) is 77.4 Å². The zero-order chi connectivity index (χ0) is 21.1. The Balaban J connectivity index is 1.73. The van der Waals surface area contributed by atoms with Crippen LogP contribution in [0.3, 0.4) is 0 Å². The number of para-hydroxylation sites is 1. The van der Waals surface area contributed by atoms with Crippen LogP contribution in [-0.2, 0) is 9.53 Å². The average molecular weight is 423 g/mol. The highest BCUT2D eigenvalue weighted by Gasteiger charge is 2.33. The summed E-state index contributed by atoms with van der Waals surface area (Å²) in [5.74, 6) is 0.610. The number of carbonyl (C=O) groups excluding carboxylic acids is 1. The number of hydrogen-bond donors (Lipinski definition) is 1. The average Bonchev–Trinajstić information content (AvgIpc) is 3.04. The summed E-state index contributed by atoms with van der Waals surface area (Å²) >= 11 is 1.23. The van der Waals surface area contributed by atoms with Crippen molar-refractivity contribution in [1.29, 1.82) is 0 Å². The van der Waals surface area contributed by atoms with Crippen molar-refractivity contribution < 1.29 is 24.1 Å². The van der Waals surface area contributed by atoms with E-state index in [1.807, 2.05) is 49.4 Å². The fourth-order valence-electron chi connectivity index (χ4n) is 3.09. The van der Waals surface area contributed by atoms with Crippen LogP contribution in [0.5, 0.6) is 11.5 Å². The lowest BCUT2D eigenvalue weighted by molar-refractivity contribution is -0.138. The van der Waals surface area contributed by atoms with Crippen LogP contribution in [0.25, 0.3) is 6.08 Å². The van der Waals surface area contributed by atoms with Gasteiger partial charge in [0.2, 0.25) is 0 Å². The van der Waals surface area contributed by atoms with Gasteiger partial charge in [-0.15, -0.1) is 0 Å². The second kappa shape index (κ2) is 8.67. The number of rotatable bonds is 4. The second-order valence-electron chi connectivity index (χ2n) is 6.66. The zero-order valence-corrected chi connectivity index (χ0v) is 17.5. The lowest BCUT2D eigenvalue weighted by Gasteiger charge is -2.18. The van der Waals surface area contributed by atoms with Gasteiger partial charge in [-0.1, -0.05) is 36.0 Å². The molecule has 6 nitrogen and oxygen atoms in total. The number of aliphatic imine (C=N–C) groups is 1. The summed E-state index contributed by atoms with van der Waals surface area (Å²) < 4.78 is 16.3.